The highest BCUT2D eigenvalue weighted by Crippen LogP contribution is 2.30. The van der Waals surface area contributed by atoms with E-state index in [1.54, 1.807) is 12.1 Å². The predicted molar refractivity (Wildman–Crippen MR) is 74.7 cm³/mol. The van der Waals surface area contributed by atoms with Crippen LogP contribution in [-0.2, 0) is 14.4 Å². The molecule has 1 rings (SSSR count). The molecule has 0 aliphatic carbocycles. The van der Waals surface area contributed by atoms with Crippen LogP contribution in [0.2, 0.25) is 0 Å². The Morgan fingerprint density at radius 3 is 2.00 bits per heavy atom. The molecule has 7 nitrogen and oxygen atoms in total. The minimum atomic E-state index is -0.694. The minimum Gasteiger partial charge on any atom is -0.493 e. The molecule has 0 aliphatic heterocycles. The van der Waals surface area contributed by atoms with E-state index in [2.05, 4.69) is 10.6 Å². The van der Waals surface area contributed by atoms with Gasteiger partial charge in [-0.3, -0.25) is 14.4 Å². The Balaban J connectivity index is 3.11. The first-order valence-electron chi connectivity index (χ1n) is 6.24. The Hall–Kier alpha value is -2.57. The maximum atomic E-state index is 11.2. The molecule has 0 atom stereocenters. The van der Waals surface area contributed by atoms with Gasteiger partial charge in [-0.2, -0.15) is 0 Å². The zero-order valence-corrected chi connectivity index (χ0v) is 12.4. The van der Waals surface area contributed by atoms with E-state index in [1.807, 2.05) is 0 Å². The van der Waals surface area contributed by atoms with Crippen molar-refractivity contribution < 1.29 is 23.9 Å². The summed E-state index contributed by atoms with van der Waals surface area (Å²) in [5, 5.41) is 5.21. The van der Waals surface area contributed by atoms with Gasteiger partial charge in [0.1, 0.15) is 6.17 Å². The van der Waals surface area contributed by atoms with Gasteiger partial charge in [-0.1, -0.05) is 6.07 Å². The average molecular weight is 294 g/mol. The number of carbonyl (C=O) groups excluding carboxylic acids is 3. The van der Waals surface area contributed by atoms with E-state index < -0.39 is 12.1 Å². The van der Waals surface area contributed by atoms with Gasteiger partial charge < -0.3 is 20.1 Å². The molecule has 21 heavy (non-hydrogen) atoms. The molecule has 0 radical (unpaired) electrons. The Morgan fingerprint density at radius 1 is 1.00 bits per heavy atom. The highest BCUT2D eigenvalue weighted by Gasteiger charge is 2.17. The van der Waals surface area contributed by atoms with Gasteiger partial charge in [0.15, 0.2) is 11.5 Å². The van der Waals surface area contributed by atoms with Crippen molar-refractivity contribution in [2.75, 3.05) is 7.11 Å². The monoisotopic (exact) mass is 294 g/mol. The second kappa shape index (κ2) is 7.28. The van der Waals surface area contributed by atoms with E-state index in [4.69, 9.17) is 9.47 Å². The number of hydrogen-bond donors (Lipinski definition) is 2. The van der Waals surface area contributed by atoms with Crippen molar-refractivity contribution in [1.29, 1.82) is 0 Å². The summed E-state index contributed by atoms with van der Waals surface area (Å²) in [6.45, 7) is 3.98. The molecule has 7 heteroatoms. The van der Waals surface area contributed by atoms with Crippen LogP contribution < -0.4 is 20.1 Å². The van der Waals surface area contributed by atoms with Crippen LogP contribution in [-0.4, -0.2) is 24.9 Å². The summed E-state index contributed by atoms with van der Waals surface area (Å²) in [5.41, 5.74) is 0.591. The smallest absolute Gasteiger partial charge is 0.308 e. The first-order chi connectivity index (χ1) is 9.83. The van der Waals surface area contributed by atoms with Gasteiger partial charge in [0.25, 0.3) is 0 Å². The third-order valence-electron chi connectivity index (χ3n) is 2.47. The topological polar surface area (TPSA) is 93.7 Å². The molecule has 0 saturated heterocycles. The van der Waals surface area contributed by atoms with Crippen LogP contribution in [0.4, 0.5) is 0 Å². The first-order valence-corrected chi connectivity index (χ1v) is 6.24. The Bertz CT molecular complexity index is 540. The summed E-state index contributed by atoms with van der Waals surface area (Å²) in [4.78, 5) is 33.4. The molecule has 0 heterocycles. The number of hydrogen-bond acceptors (Lipinski definition) is 5. The minimum absolute atomic E-state index is 0.262. The summed E-state index contributed by atoms with van der Waals surface area (Å²) in [6.07, 6.45) is -0.694. The van der Waals surface area contributed by atoms with Crippen molar-refractivity contribution in [2.24, 2.45) is 0 Å². The second-order valence-corrected chi connectivity index (χ2v) is 4.34. The number of methoxy groups -OCH3 is 1. The first kappa shape index (κ1) is 16.5. The van der Waals surface area contributed by atoms with Gasteiger partial charge in [0, 0.05) is 20.8 Å². The largest absolute Gasteiger partial charge is 0.493 e. The van der Waals surface area contributed by atoms with Gasteiger partial charge >= 0.3 is 5.97 Å². The number of rotatable bonds is 5. The summed E-state index contributed by atoms with van der Waals surface area (Å²) in [5.74, 6) is -0.476. The lowest BCUT2D eigenvalue weighted by molar-refractivity contribution is -0.132. The van der Waals surface area contributed by atoms with Crippen molar-refractivity contribution in [2.45, 2.75) is 26.9 Å². The van der Waals surface area contributed by atoms with Crippen LogP contribution in [0.5, 0.6) is 11.5 Å². The molecular weight excluding hydrogens is 276 g/mol. The number of carbonyl (C=O) groups is 3. The van der Waals surface area contributed by atoms with Crippen LogP contribution in [0.1, 0.15) is 32.5 Å². The quantitative estimate of drug-likeness (QED) is 0.478. The molecule has 2 N–H and O–H groups in total. The molecule has 0 unspecified atom stereocenters. The number of ether oxygens (including phenoxy) is 2. The molecule has 114 valence electrons. The van der Waals surface area contributed by atoms with Gasteiger partial charge in [-0.05, 0) is 17.7 Å². The van der Waals surface area contributed by atoms with E-state index in [9.17, 15) is 14.4 Å². The van der Waals surface area contributed by atoms with Crippen LogP contribution in [0.15, 0.2) is 18.2 Å². The summed E-state index contributed by atoms with van der Waals surface area (Å²) in [6, 6.07) is 4.73. The standard InChI is InChI=1S/C14H18N2O5/c1-8(17)15-14(16-9(2)18)11-5-6-12(21-10(3)19)13(7-11)20-4/h5-7,14H,1-4H3,(H,15,17)(H,16,18). The second-order valence-electron chi connectivity index (χ2n) is 4.34. The van der Waals surface area contributed by atoms with Crippen LogP contribution >= 0.6 is 0 Å². The summed E-state index contributed by atoms with van der Waals surface area (Å²) in [7, 11) is 1.43. The fourth-order valence-corrected chi connectivity index (χ4v) is 1.71. The summed E-state index contributed by atoms with van der Waals surface area (Å²) >= 11 is 0. The van der Waals surface area contributed by atoms with Crippen molar-refractivity contribution in [1.82, 2.24) is 10.6 Å². The molecule has 0 saturated carbocycles. The van der Waals surface area contributed by atoms with Gasteiger partial charge in [-0.15, -0.1) is 0 Å². The van der Waals surface area contributed by atoms with Crippen molar-refractivity contribution in [3.05, 3.63) is 23.8 Å². The van der Waals surface area contributed by atoms with Crippen molar-refractivity contribution in [3.63, 3.8) is 0 Å². The Kier molecular flexibility index (Phi) is 5.71. The molecule has 0 fully saturated rings. The van der Waals surface area contributed by atoms with E-state index in [-0.39, 0.29) is 17.6 Å². The molecule has 2 amide bonds. The molecule has 1 aromatic rings. The lowest BCUT2D eigenvalue weighted by Crippen LogP contribution is -2.39. The van der Waals surface area contributed by atoms with Crippen LogP contribution in [0.3, 0.4) is 0 Å². The van der Waals surface area contributed by atoms with E-state index in [0.717, 1.165) is 0 Å². The molecule has 0 aliphatic rings. The van der Waals surface area contributed by atoms with Crippen LogP contribution in [0.25, 0.3) is 0 Å². The number of amides is 2. The van der Waals surface area contributed by atoms with Gasteiger partial charge in [0.05, 0.1) is 7.11 Å². The fourth-order valence-electron chi connectivity index (χ4n) is 1.71. The van der Waals surface area contributed by atoms with E-state index >= 15 is 0 Å². The predicted octanol–water partition coefficient (Wildman–Crippen LogP) is 0.891. The van der Waals surface area contributed by atoms with E-state index in [0.29, 0.717) is 11.3 Å². The average Bonchev–Trinajstić information content (AvgIpc) is 2.36. The lowest BCUT2D eigenvalue weighted by Gasteiger charge is -2.20. The molecular formula is C14H18N2O5. The third kappa shape index (κ3) is 5.13. The Morgan fingerprint density at radius 2 is 1.57 bits per heavy atom. The highest BCUT2D eigenvalue weighted by molar-refractivity contribution is 5.77. The zero-order valence-electron chi connectivity index (χ0n) is 12.4. The van der Waals surface area contributed by atoms with Crippen molar-refractivity contribution >= 4 is 17.8 Å². The lowest BCUT2D eigenvalue weighted by atomic mass is 10.1. The Labute approximate surface area is 122 Å². The highest BCUT2D eigenvalue weighted by atomic mass is 16.6. The normalized spacial score (nSPS) is 9.95. The SMILES string of the molecule is COc1cc(C(NC(C)=O)NC(C)=O)ccc1OC(C)=O. The number of nitrogens with one attached hydrogen (secondary N) is 2. The maximum Gasteiger partial charge on any atom is 0.308 e. The van der Waals surface area contributed by atoms with Gasteiger partial charge in [-0.25, -0.2) is 0 Å². The number of esters is 1. The van der Waals surface area contributed by atoms with Crippen molar-refractivity contribution in [3.8, 4) is 11.5 Å². The number of benzene rings is 1. The van der Waals surface area contributed by atoms with Gasteiger partial charge in [0.2, 0.25) is 11.8 Å². The third-order valence-corrected chi connectivity index (χ3v) is 2.47. The van der Waals surface area contributed by atoms with Crippen LogP contribution in [0, 0.1) is 0 Å². The molecule has 0 aromatic heterocycles. The molecule has 0 bridgehead atoms. The fraction of sp³-hybridized carbons (Fsp3) is 0.357. The van der Waals surface area contributed by atoms with E-state index in [1.165, 1.54) is 33.9 Å². The molecule has 0 spiro atoms. The zero-order chi connectivity index (χ0) is 16.0. The maximum absolute atomic E-state index is 11.2. The molecule has 1 aromatic carbocycles. The summed E-state index contributed by atoms with van der Waals surface area (Å²) < 4.78 is 10.1.